The van der Waals surface area contributed by atoms with Gasteiger partial charge in [-0.3, -0.25) is 4.79 Å². The van der Waals surface area contributed by atoms with Crippen molar-refractivity contribution < 1.29 is 49.3 Å². The Morgan fingerprint density at radius 3 is 2.44 bits per heavy atom. The highest BCUT2D eigenvalue weighted by atomic mass is 16.7. The molecule has 11 nitrogen and oxygen atoms in total. The smallest absolute Gasteiger partial charge is 0.340 e. The maximum atomic E-state index is 12.9. The number of carbonyl (C=O) groups is 2. The predicted molar refractivity (Wildman–Crippen MR) is 108 cm³/mol. The van der Waals surface area contributed by atoms with Crippen LogP contribution in [0.5, 0.6) is 11.5 Å². The van der Waals surface area contributed by atoms with E-state index in [2.05, 4.69) is 10.1 Å². The molecule has 1 saturated heterocycles. The van der Waals surface area contributed by atoms with Crippen molar-refractivity contribution in [3.05, 3.63) is 53.6 Å². The number of hydrogen-bond acceptors (Lipinski definition) is 10. The van der Waals surface area contributed by atoms with Crippen LogP contribution in [0.25, 0.3) is 0 Å². The molecule has 6 N–H and O–H groups in total. The highest BCUT2D eigenvalue weighted by Gasteiger charge is 2.45. The molecule has 3 rings (SSSR count). The van der Waals surface area contributed by atoms with E-state index in [0.29, 0.717) is 0 Å². The Morgan fingerprint density at radius 1 is 1.03 bits per heavy atom. The molecule has 0 spiro atoms. The summed E-state index contributed by atoms with van der Waals surface area (Å²) in [5, 5.41) is 51.5. The lowest BCUT2D eigenvalue weighted by Crippen LogP contribution is -2.60. The van der Waals surface area contributed by atoms with Gasteiger partial charge < -0.3 is 45.1 Å². The van der Waals surface area contributed by atoms with Crippen LogP contribution >= 0.6 is 0 Å². The first-order chi connectivity index (χ1) is 15.3. The van der Waals surface area contributed by atoms with E-state index < -0.39 is 49.2 Å². The largest absolute Gasteiger partial charge is 0.508 e. The minimum atomic E-state index is -1.66. The number of ether oxygens (including phenoxy) is 3. The molecule has 1 heterocycles. The Labute approximate surface area is 182 Å². The summed E-state index contributed by atoms with van der Waals surface area (Å²) in [7, 11) is 1.15. The van der Waals surface area contributed by atoms with E-state index in [1.165, 1.54) is 24.3 Å². The van der Waals surface area contributed by atoms with Gasteiger partial charge in [0.2, 0.25) is 6.29 Å². The number of methoxy groups -OCH3 is 1. The van der Waals surface area contributed by atoms with Gasteiger partial charge in [0.15, 0.2) is 0 Å². The van der Waals surface area contributed by atoms with Gasteiger partial charge in [0.05, 0.1) is 30.5 Å². The van der Waals surface area contributed by atoms with Crippen LogP contribution in [0.4, 0.5) is 5.69 Å². The number of aliphatic hydroxyl groups excluding tert-OH is 4. The molecule has 0 aromatic heterocycles. The first kappa shape index (κ1) is 23.4. The van der Waals surface area contributed by atoms with Gasteiger partial charge in [0.25, 0.3) is 5.91 Å². The zero-order valence-corrected chi connectivity index (χ0v) is 16.9. The Morgan fingerprint density at radius 2 is 1.75 bits per heavy atom. The topological polar surface area (TPSA) is 175 Å². The maximum absolute atomic E-state index is 12.9. The SMILES string of the molecule is COC(=O)c1cc(O)ccc1NC(=O)c1ccccc1O[C@@H]1O[C@H](CO)[C@@H](O)[C@H](O)[C@H]1O. The highest BCUT2D eigenvalue weighted by molar-refractivity contribution is 6.09. The summed E-state index contributed by atoms with van der Waals surface area (Å²) in [6.45, 7) is -0.635. The number of esters is 1. The normalized spacial score (nSPS) is 25.1. The van der Waals surface area contributed by atoms with Crippen molar-refractivity contribution >= 4 is 17.6 Å². The second-order valence-corrected chi connectivity index (χ2v) is 6.99. The number of carbonyl (C=O) groups excluding carboxylic acids is 2. The standard InChI is InChI=1S/C21H23NO10/c1-30-20(29)12-8-10(24)6-7-13(12)22-19(28)11-4-2-3-5-14(11)31-21-18(27)17(26)16(25)15(9-23)32-21/h2-8,15-18,21,23-27H,9H2,1H3,(H,22,28)/t15-,16-,17+,18-,21-/m1/s1. The van der Waals surface area contributed by atoms with Crippen molar-refractivity contribution in [1.82, 2.24) is 0 Å². The summed E-state index contributed by atoms with van der Waals surface area (Å²) in [4.78, 5) is 24.9. The average Bonchev–Trinajstić information content (AvgIpc) is 2.80. The number of hydrogen-bond donors (Lipinski definition) is 6. The number of anilines is 1. The first-order valence-electron chi connectivity index (χ1n) is 9.55. The summed E-state index contributed by atoms with van der Waals surface area (Å²) in [5.74, 6) is -1.70. The van der Waals surface area contributed by atoms with E-state index in [1.54, 1.807) is 12.1 Å². The summed E-state index contributed by atoms with van der Waals surface area (Å²) >= 11 is 0. The number of aromatic hydroxyl groups is 1. The van der Waals surface area contributed by atoms with Crippen LogP contribution in [0, 0.1) is 0 Å². The minimum absolute atomic E-state index is 0.00616. The van der Waals surface area contributed by atoms with Gasteiger partial charge >= 0.3 is 5.97 Å². The third kappa shape index (κ3) is 4.82. The lowest BCUT2D eigenvalue weighted by Gasteiger charge is -2.39. The Bertz CT molecular complexity index is 979. The average molecular weight is 449 g/mol. The highest BCUT2D eigenvalue weighted by Crippen LogP contribution is 2.28. The lowest BCUT2D eigenvalue weighted by molar-refractivity contribution is -0.277. The molecule has 0 saturated carbocycles. The van der Waals surface area contributed by atoms with Gasteiger partial charge in [-0.1, -0.05) is 12.1 Å². The van der Waals surface area contributed by atoms with Gasteiger partial charge in [-0.05, 0) is 30.3 Å². The number of phenols is 1. The van der Waals surface area contributed by atoms with E-state index in [-0.39, 0.29) is 28.3 Å². The van der Waals surface area contributed by atoms with Crippen molar-refractivity contribution in [1.29, 1.82) is 0 Å². The molecule has 2 aromatic rings. The van der Waals surface area contributed by atoms with E-state index in [9.17, 15) is 35.1 Å². The van der Waals surface area contributed by atoms with Crippen molar-refractivity contribution in [2.24, 2.45) is 0 Å². The molecule has 1 amide bonds. The maximum Gasteiger partial charge on any atom is 0.340 e. The molecule has 0 bridgehead atoms. The van der Waals surface area contributed by atoms with Gasteiger partial charge in [0, 0.05) is 0 Å². The molecule has 1 aliphatic rings. The molecule has 1 fully saturated rings. The quantitative estimate of drug-likeness (QED) is 0.252. The number of rotatable bonds is 6. The number of phenolic OH excluding ortho intramolecular Hbond substituents is 1. The zero-order valence-electron chi connectivity index (χ0n) is 16.9. The van der Waals surface area contributed by atoms with Crippen LogP contribution in [0.3, 0.4) is 0 Å². The number of amides is 1. The molecule has 1 aliphatic heterocycles. The van der Waals surface area contributed by atoms with E-state index in [4.69, 9.17) is 9.47 Å². The molecular weight excluding hydrogens is 426 g/mol. The van der Waals surface area contributed by atoms with Crippen LogP contribution in [0.1, 0.15) is 20.7 Å². The van der Waals surface area contributed by atoms with Crippen molar-refractivity contribution in [2.75, 3.05) is 19.0 Å². The monoisotopic (exact) mass is 449 g/mol. The Kier molecular flexibility index (Phi) is 7.28. The summed E-state index contributed by atoms with van der Waals surface area (Å²) in [5.41, 5.74) is -0.0103. The van der Waals surface area contributed by atoms with E-state index >= 15 is 0 Å². The third-order valence-corrected chi connectivity index (χ3v) is 4.88. The van der Waals surface area contributed by atoms with Gasteiger partial charge in [-0.15, -0.1) is 0 Å². The van der Waals surface area contributed by atoms with Crippen LogP contribution in [0.15, 0.2) is 42.5 Å². The predicted octanol–water partition coefficient (Wildman–Crippen LogP) is -0.390. The lowest BCUT2D eigenvalue weighted by atomic mass is 9.99. The second-order valence-electron chi connectivity index (χ2n) is 6.99. The van der Waals surface area contributed by atoms with Crippen molar-refractivity contribution in [3.63, 3.8) is 0 Å². The number of aliphatic hydroxyl groups is 4. The van der Waals surface area contributed by atoms with Gasteiger partial charge in [-0.2, -0.15) is 0 Å². The number of benzene rings is 2. The summed E-state index contributed by atoms with van der Waals surface area (Å²) in [6.07, 6.45) is -7.53. The number of nitrogens with one attached hydrogen (secondary N) is 1. The van der Waals surface area contributed by atoms with Crippen LogP contribution < -0.4 is 10.1 Å². The van der Waals surface area contributed by atoms with Gasteiger partial charge in [-0.25, -0.2) is 4.79 Å². The molecule has 32 heavy (non-hydrogen) atoms. The molecule has 0 aliphatic carbocycles. The minimum Gasteiger partial charge on any atom is -0.508 e. The zero-order chi connectivity index (χ0) is 23.4. The second kappa shape index (κ2) is 9.94. The fourth-order valence-corrected chi connectivity index (χ4v) is 3.16. The molecule has 5 atom stereocenters. The summed E-state index contributed by atoms with van der Waals surface area (Å²) < 4.78 is 15.6. The van der Waals surface area contributed by atoms with E-state index in [0.717, 1.165) is 13.2 Å². The molecule has 0 radical (unpaired) electrons. The third-order valence-electron chi connectivity index (χ3n) is 4.88. The van der Waals surface area contributed by atoms with Crippen molar-refractivity contribution in [2.45, 2.75) is 30.7 Å². The van der Waals surface area contributed by atoms with Crippen LogP contribution in [0.2, 0.25) is 0 Å². The molecule has 0 unspecified atom stereocenters. The van der Waals surface area contributed by atoms with Crippen LogP contribution in [-0.2, 0) is 9.47 Å². The summed E-state index contributed by atoms with van der Waals surface area (Å²) in [6, 6.07) is 9.65. The number of para-hydroxylation sites is 1. The van der Waals surface area contributed by atoms with Crippen molar-refractivity contribution in [3.8, 4) is 11.5 Å². The Hall–Kier alpha value is -3.22. The van der Waals surface area contributed by atoms with Crippen LogP contribution in [-0.4, -0.2) is 81.8 Å². The Balaban J connectivity index is 1.84. The molecule has 11 heteroatoms. The van der Waals surface area contributed by atoms with E-state index in [1.807, 2.05) is 0 Å². The fourth-order valence-electron chi connectivity index (χ4n) is 3.16. The molecule has 172 valence electrons. The fraction of sp³-hybridized carbons (Fsp3) is 0.333. The van der Waals surface area contributed by atoms with Gasteiger partial charge in [0.1, 0.15) is 35.9 Å². The molecule has 2 aromatic carbocycles. The molecular formula is C21H23NO10. The first-order valence-corrected chi connectivity index (χ1v) is 9.55.